The van der Waals surface area contributed by atoms with Crippen LogP contribution in [-0.4, -0.2) is 37.0 Å². The Hall–Kier alpha value is -2.13. The van der Waals surface area contributed by atoms with E-state index in [1.165, 1.54) is 22.3 Å². The molecule has 2 aromatic rings. The van der Waals surface area contributed by atoms with E-state index in [-0.39, 0.29) is 5.91 Å². The quantitative estimate of drug-likeness (QED) is 0.925. The van der Waals surface area contributed by atoms with E-state index < -0.39 is 0 Å². The summed E-state index contributed by atoms with van der Waals surface area (Å²) in [6, 6.07) is 17.5. The lowest BCUT2D eigenvalue weighted by Crippen LogP contribution is -2.38. The third-order valence-corrected chi connectivity index (χ3v) is 5.03. The van der Waals surface area contributed by atoms with Gasteiger partial charge in [0.05, 0.1) is 0 Å². The molecule has 0 atom stereocenters. The maximum absolute atomic E-state index is 11.7. The van der Waals surface area contributed by atoms with Crippen LogP contribution >= 0.6 is 0 Å². The van der Waals surface area contributed by atoms with Crippen LogP contribution in [0.25, 0.3) is 11.1 Å². The first kappa shape index (κ1) is 14.5. The summed E-state index contributed by atoms with van der Waals surface area (Å²) < 4.78 is 0. The van der Waals surface area contributed by atoms with Crippen LogP contribution < -0.4 is 5.32 Å². The van der Waals surface area contributed by atoms with E-state index in [1.54, 1.807) is 0 Å². The SMILES string of the molecule is O=C1CCN(CC2c3ccccc3-c3ccccc32)CCCN1. The number of hydrogen-bond donors (Lipinski definition) is 1. The molecule has 3 nitrogen and oxygen atoms in total. The molecule has 1 saturated heterocycles. The number of nitrogens with zero attached hydrogens (tertiary/aromatic N) is 1. The zero-order chi connectivity index (χ0) is 15.6. The van der Waals surface area contributed by atoms with Gasteiger partial charge in [0.1, 0.15) is 0 Å². The summed E-state index contributed by atoms with van der Waals surface area (Å²) in [7, 11) is 0. The maximum atomic E-state index is 11.7. The minimum atomic E-state index is 0.182. The Bertz CT molecular complexity index is 680. The zero-order valence-electron chi connectivity index (χ0n) is 13.3. The highest BCUT2D eigenvalue weighted by molar-refractivity contribution is 5.79. The molecule has 2 aromatic carbocycles. The van der Waals surface area contributed by atoms with Gasteiger partial charge >= 0.3 is 0 Å². The lowest BCUT2D eigenvalue weighted by atomic mass is 9.96. The number of nitrogens with one attached hydrogen (secondary N) is 1. The first-order valence-electron chi connectivity index (χ1n) is 8.50. The van der Waals surface area contributed by atoms with Crippen LogP contribution in [0.3, 0.4) is 0 Å². The summed E-state index contributed by atoms with van der Waals surface area (Å²) in [5.41, 5.74) is 5.61. The van der Waals surface area contributed by atoms with Gasteiger partial charge in [-0.05, 0) is 35.2 Å². The number of carbonyl (C=O) groups is 1. The van der Waals surface area contributed by atoms with Crippen LogP contribution in [0, 0.1) is 0 Å². The van der Waals surface area contributed by atoms with Gasteiger partial charge in [0.15, 0.2) is 0 Å². The fourth-order valence-corrected chi connectivity index (χ4v) is 3.89. The summed E-state index contributed by atoms with van der Waals surface area (Å²) in [6.45, 7) is 3.71. The molecule has 0 saturated carbocycles. The van der Waals surface area contributed by atoms with Crippen LogP contribution in [0.5, 0.6) is 0 Å². The van der Waals surface area contributed by atoms with Gasteiger partial charge in [-0.2, -0.15) is 0 Å². The smallest absolute Gasteiger partial charge is 0.221 e. The Morgan fingerprint density at radius 1 is 0.957 bits per heavy atom. The fourth-order valence-electron chi connectivity index (χ4n) is 3.89. The molecule has 1 amide bonds. The van der Waals surface area contributed by atoms with Gasteiger partial charge < -0.3 is 10.2 Å². The molecule has 1 N–H and O–H groups in total. The van der Waals surface area contributed by atoms with E-state index in [2.05, 4.69) is 58.7 Å². The number of hydrogen-bond acceptors (Lipinski definition) is 2. The highest BCUT2D eigenvalue weighted by Gasteiger charge is 2.29. The third-order valence-electron chi connectivity index (χ3n) is 5.03. The zero-order valence-corrected chi connectivity index (χ0v) is 13.3. The number of rotatable bonds is 2. The molecule has 23 heavy (non-hydrogen) atoms. The summed E-state index contributed by atoms with van der Waals surface area (Å²) in [5.74, 6) is 0.604. The topological polar surface area (TPSA) is 32.3 Å². The number of fused-ring (bicyclic) bond motifs is 3. The molecule has 0 aromatic heterocycles. The number of carbonyl (C=O) groups excluding carboxylic acids is 1. The van der Waals surface area contributed by atoms with Crippen molar-refractivity contribution in [3.05, 3.63) is 59.7 Å². The second-order valence-electron chi connectivity index (χ2n) is 6.48. The third kappa shape index (κ3) is 2.77. The van der Waals surface area contributed by atoms with Crippen molar-refractivity contribution in [2.24, 2.45) is 0 Å². The first-order valence-corrected chi connectivity index (χ1v) is 8.50. The van der Waals surface area contributed by atoms with Crippen molar-refractivity contribution >= 4 is 5.91 Å². The molecular formula is C20H22N2O. The first-order chi connectivity index (χ1) is 11.3. The lowest BCUT2D eigenvalue weighted by molar-refractivity contribution is -0.121. The van der Waals surface area contributed by atoms with Gasteiger partial charge in [-0.1, -0.05) is 48.5 Å². The molecule has 3 heteroatoms. The molecule has 0 unspecified atom stereocenters. The van der Waals surface area contributed by atoms with Gasteiger partial charge in [-0.3, -0.25) is 4.79 Å². The fraction of sp³-hybridized carbons (Fsp3) is 0.350. The predicted molar refractivity (Wildman–Crippen MR) is 92.4 cm³/mol. The van der Waals surface area contributed by atoms with Gasteiger partial charge in [-0.25, -0.2) is 0 Å². The van der Waals surface area contributed by atoms with Gasteiger partial charge in [-0.15, -0.1) is 0 Å². The molecule has 2 aliphatic rings. The average Bonchev–Trinajstić information content (AvgIpc) is 2.89. The lowest BCUT2D eigenvalue weighted by Gasteiger charge is -2.28. The Labute approximate surface area is 137 Å². The van der Waals surface area contributed by atoms with E-state index >= 15 is 0 Å². The van der Waals surface area contributed by atoms with Crippen molar-refractivity contribution in [1.82, 2.24) is 10.2 Å². The second-order valence-corrected chi connectivity index (χ2v) is 6.48. The predicted octanol–water partition coefficient (Wildman–Crippen LogP) is 3.01. The average molecular weight is 306 g/mol. The van der Waals surface area contributed by atoms with E-state index in [9.17, 15) is 4.79 Å². The molecule has 4 rings (SSSR count). The molecule has 1 aliphatic carbocycles. The van der Waals surface area contributed by atoms with E-state index in [0.717, 1.165) is 32.6 Å². The van der Waals surface area contributed by atoms with Gasteiger partial charge in [0, 0.05) is 32.0 Å². The van der Waals surface area contributed by atoms with Crippen molar-refractivity contribution in [1.29, 1.82) is 0 Å². The Morgan fingerprint density at radius 2 is 1.61 bits per heavy atom. The largest absolute Gasteiger partial charge is 0.356 e. The van der Waals surface area contributed by atoms with Gasteiger partial charge in [0.2, 0.25) is 5.91 Å². The van der Waals surface area contributed by atoms with E-state index in [1.807, 2.05) is 0 Å². The van der Waals surface area contributed by atoms with Crippen molar-refractivity contribution in [2.45, 2.75) is 18.8 Å². The van der Waals surface area contributed by atoms with E-state index in [0.29, 0.717) is 12.3 Å². The van der Waals surface area contributed by atoms with Gasteiger partial charge in [0.25, 0.3) is 0 Å². The minimum Gasteiger partial charge on any atom is -0.356 e. The maximum Gasteiger partial charge on any atom is 0.221 e. The molecule has 0 radical (unpaired) electrons. The summed E-state index contributed by atoms with van der Waals surface area (Å²) in [6.07, 6.45) is 1.64. The van der Waals surface area contributed by atoms with Crippen LogP contribution in [0.1, 0.15) is 29.9 Å². The number of amides is 1. The Balaban J connectivity index is 1.62. The molecule has 118 valence electrons. The van der Waals surface area contributed by atoms with Crippen LogP contribution in [0.15, 0.2) is 48.5 Å². The minimum absolute atomic E-state index is 0.182. The standard InChI is InChI=1S/C20H22N2O/c23-20-10-13-22(12-5-11-21-20)14-19-17-8-3-1-6-15(17)16-7-2-4-9-18(16)19/h1-4,6-9,19H,5,10-14H2,(H,21,23). The van der Waals surface area contributed by atoms with Crippen LogP contribution in [0.2, 0.25) is 0 Å². The highest BCUT2D eigenvalue weighted by Crippen LogP contribution is 2.44. The highest BCUT2D eigenvalue weighted by atomic mass is 16.1. The molecular weight excluding hydrogens is 284 g/mol. The van der Waals surface area contributed by atoms with Crippen molar-refractivity contribution in [3.63, 3.8) is 0 Å². The van der Waals surface area contributed by atoms with Crippen LogP contribution in [0.4, 0.5) is 0 Å². The van der Waals surface area contributed by atoms with Crippen molar-refractivity contribution in [2.75, 3.05) is 26.2 Å². The number of benzene rings is 2. The van der Waals surface area contributed by atoms with Crippen molar-refractivity contribution in [3.8, 4) is 11.1 Å². The van der Waals surface area contributed by atoms with Crippen molar-refractivity contribution < 1.29 is 4.79 Å². The monoisotopic (exact) mass is 306 g/mol. The Morgan fingerprint density at radius 3 is 2.30 bits per heavy atom. The second kappa shape index (κ2) is 6.17. The normalized spacial score (nSPS) is 18.7. The van der Waals surface area contributed by atoms with Crippen LogP contribution in [-0.2, 0) is 4.79 Å². The summed E-state index contributed by atoms with van der Waals surface area (Å²) in [5, 5.41) is 2.96. The molecule has 1 fully saturated rings. The molecule has 0 spiro atoms. The Kier molecular flexibility index (Phi) is 3.88. The molecule has 1 aliphatic heterocycles. The molecule has 0 bridgehead atoms. The summed E-state index contributed by atoms with van der Waals surface area (Å²) in [4.78, 5) is 14.1. The van der Waals surface area contributed by atoms with E-state index in [4.69, 9.17) is 0 Å². The summed E-state index contributed by atoms with van der Waals surface area (Å²) >= 11 is 0. The molecule has 1 heterocycles.